The molecular formula is C12H22ClNO. The SMILES string of the molecule is CC(CCl)C(=O)NC1CCCC(C)C1C. The Balaban J connectivity index is 2.46. The lowest BCUT2D eigenvalue weighted by molar-refractivity contribution is -0.125. The maximum absolute atomic E-state index is 11.7. The monoisotopic (exact) mass is 231 g/mol. The molecular weight excluding hydrogens is 210 g/mol. The molecule has 0 aromatic carbocycles. The third-order valence-corrected chi connectivity index (χ3v) is 4.18. The zero-order valence-corrected chi connectivity index (χ0v) is 10.7. The van der Waals surface area contributed by atoms with Crippen molar-refractivity contribution in [2.24, 2.45) is 17.8 Å². The molecule has 0 bridgehead atoms. The van der Waals surface area contributed by atoms with Gasteiger partial charge >= 0.3 is 0 Å². The highest BCUT2D eigenvalue weighted by molar-refractivity contribution is 6.19. The van der Waals surface area contributed by atoms with Crippen molar-refractivity contribution in [3.63, 3.8) is 0 Å². The molecule has 0 spiro atoms. The second-order valence-corrected chi connectivity index (χ2v) is 5.25. The van der Waals surface area contributed by atoms with Gasteiger partial charge in [-0.25, -0.2) is 0 Å². The van der Waals surface area contributed by atoms with Crippen LogP contribution < -0.4 is 5.32 Å². The molecule has 0 radical (unpaired) electrons. The number of amides is 1. The molecule has 1 saturated carbocycles. The van der Waals surface area contributed by atoms with Crippen molar-refractivity contribution >= 4 is 17.5 Å². The maximum atomic E-state index is 11.7. The molecule has 1 N–H and O–H groups in total. The smallest absolute Gasteiger partial charge is 0.224 e. The van der Waals surface area contributed by atoms with E-state index in [1.54, 1.807) is 0 Å². The first kappa shape index (κ1) is 12.8. The summed E-state index contributed by atoms with van der Waals surface area (Å²) in [4.78, 5) is 11.7. The molecule has 0 aliphatic heterocycles. The van der Waals surface area contributed by atoms with Crippen LogP contribution in [0.3, 0.4) is 0 Å². The minimum absolute atomic E-state index is 0.0731. The Hall–Kier alpha value is -0.240. The van der Waals surface area contributed by atoms with Crippen LogP contribution in [0.25, 0.3) is 0 Å². The normalized spacial score (nSPS) is 33.5. The number of rotatable bonds is 3. The van der Waals surface area contributed by atoms with Gasteiger partial charge in [-0.1, -0.05) is 33.6 Å². The third kappa shape index (κ3) is 3.37. The first-order chi connectivity index (χ1) is 7.06. The minimum Gasteiger partial charge on any atom is -0.353 e. The molecule has 4 unspecified atom stereocenters. The van der Waals surface area contributed by atoms with E-state index in [9.17, 15) is 4.79 Å². The van der Waals surface area contributed by atoms with Gasteiger partial charge in [-0.15, -0.1) is 11.6 Å². The fraction of sp³-hybridized carbons (Fsp3) is 0.917. The second kappa shape index (κ2) is 5.74. The summed E-state index contributed by atoms with van der Waals surface area (Å²) < 4.78 is 0. The molecule has 0 aromatic rings. The van der Waals surface area contributed by atoms with Crippen molar-refractivity contribution in [2.75, 3.05) is 5.88 Å². The topological polar surface area (TPSA) is 29.1 Å². The molecule has 1 amide bonds. The molecule has 15 heavy (non-hydrogen) atoms. The standard InChI is InChI=1S/C12H22ClNO/c1-8-5-4-6-11(10(8)3)14-12(15)9(2)7-13/h8-11H,4-7H2,1-3H3,(H,14,15). The van der Waals surface area contributed by atoms with Crippen LogP contribution in [0, 0.1) is 17.8 Å². The molecule has 3 heteroatoms. The minimum atomic E-state index is -0.0731. The highest BCUT2D eigenvalue weighted by Crippen LogP contribution is 2.29. The van der Waals surface area contributed by atoms with E-state index >= 15 is 0 Å². The van der Waals surface area contributed by atoms with Crippen molar-refractivity contribution in [2.45, 2.75) is 46.1 Å². The summed E-state index contributed by atoms with van der Waals surface area (Å²) >= 11 is 5.67. The molecule has 0 saturated heterocycles. The number of hydrogen-bond acceptors (Lipinski definition) is 1. The van der Waals surface area contributed by atoms with Gasteiger partial charge in [0.2, 0.25) is 5.91 Å². The lowest BCUT2D eigenvalue weighted by Gasteiger charge is -2.35. The Labute approximate surface area is 97.8 Å². The lowest BCUT2D eigenvalue weighted by atomic mass is 9.78. The van der Waals surface area contributed by atoms with Crippen LogP contribution in [0.15, 0.2) is 0 Å². The van der Waals surface area contributed by atoms with Crippen LogP contribution >= 0.6 is 11.6 Å². The van der Waals surface area contributed by atoms with E-state index in [1.165, 1.54) is 12.8 Å². The van der Waals surface area contributed by atoms with Gasteiger partial charge in [0, 0.05) is 17.8 Å². The molecule has 1 aliphatic rings. The fourth-order valence-corrected chi connectivity index (χ4v) is 2.32. The van der Waals surface area contributed by atoms with Crippen LogP contribution in [-0.2, 0) is 4.79 Å². The van der Waals surface area contributed by atoms with Gasteiger partial charge in [0.1, 0.15) is 0 Å². The molecule has 1 rings (SSSR count). The summed E-state index contributed by atoms with van der Waals surface area (Å²) in [5.74, 6) is 1.75. The van der Waals surface area contributed by atoms with Gasteiger partial charge in [0.15, 0.2) is 0 Å². The quantitative estimate of drug-likeness (QED) is 0.744. The van der Waals surface area contributed by atoms with E-state index in [-0.39, 0.29) is 11.8 Å². The molecule has 4 atom stereocenters. The van der Waals surface area contributed by atoms with Crippen LogP contribution in [-0.4, -0.2) is 17.8 Å². The van der Waals surface area contributed by atoms with Gasteiger partial charge in [-0.3, -0.25) is 4.79 Å². The number of alkyl halides is 1. The zero-order chi connectivity index (χ0) is 11.4. The molecule has 0 aromatic heterocycles. The van der Waals surface area contributed by atoms with Crippen LogP contribution in [0.4, 0.5) is 0 Å². The van der Waals surface area contributed by atoms with Crippen molar-refractivity contribution in [3.05, 3.63) is 0 Å². The largest absolute Gasteiger partial charge is 0.353 e. The molecule has 2 nitrogen and oxygen atoms in total. The number of carbonyl (C=O) groups is 1. The van der Waals surface area contributed by atoms with Gasteiger partial charge in [0.05, 0.1) is 0 Å². The summed E-state index contributed by atoms with van der Waals surface area (Å²) in [6, 6.07) is 0.354. The number of nitrogens with one attached hydrogen (secondary N) is 1. The fourth-order valence-electron chi connectivity index (χ4n) is 2.18. The van der Waals surface area contributed by atoms with Crippen LogP contribution in [0.2, 0.25) is 0 Å². The lowest BCUT2D eigenvalue weighted by Crippen LogP contribution is -2.45. The number of halogens is 1. The third-order valence-electron chi connectivity index (χ3n) is 3.71. The maximum Gasteiger partial charge on any atom is 0.224 e. The summed E-state index contributed by atoms with van der Waals surface area (Å²) in [7, 11) is 0. The van der Waals surface area contributed by atoms with Crippen LogP contribution in [0.5, 0.6) is 0 Å². The van der Waals surface area contributed by atoms with Gasteiger partial charge < -0.3 is 5.32 Å². The second-order valence-electron chi connectivity index (χ2n) is 4.94. The Morgan fingerprint density at radius 1 is 1.47 bits per heavy atom. The van der Waals surface area contributed by atoms with Gasteiger partial charge in [-0.2, -0.15) is 0 Å². The Morgan fingerprint density at radius 3 is 2.73 bits per heavy atom. The van der Waals surface area contributed by atoms with Crippen molar-refractivity contribution < 1.29 is 4.79 Å². The first-order valence-electron chi connectivity index (χ1n) is 5.92. The van der Waals surface area contributed by atoms with Crippen molar-refractivity contribution in [1.29, 1.82) is 0 Å². The highest BCUT2D eigenvalue weighted by Gasteiger charge is 2.28. The van der Waals surface area contributed by atoms with E-state index in [2.05, 4.69) is 19.2 Å². The van der Waals surface area contributed by atoms with E-state index < -0.39 is 0 Å². The zero-order valence-electron chi connectivity index (χ0n) is 9.92. The molecule has 1 fully saturated rings. The summed E-state index contributed by atoms with van der Waals surface area (Å²) in [5, 5.41) is 3.13. The predicted octanol–water partition coefficient (Wildman–Crippen LogP) is 2.80. The van der Waals surface area contributed by atoms with Gasteiger partial charge in [0.25, 0.3) is 0 Å². The average Bonchev–Trinajstić information content (AvgIpc) is 2.23. The Morgan fingerprint density at radius 2 is 2.13 bits per heavy atom. The molecule has 0 heterocycles. The molecule has 1 aliphatic carbocycles. The first-order valence-corrected chi connectivity index (χ1v) is 6.46. The number of hydrogen-bond donors (Lipinski definition) is 1. The van der Waals surface area contributed by atoms with E-state index in [0.29, 0.717) is 17.8 Å². The predicted molar refractivity (Wildman–Crippen MR) is 64.0 cm³/mol. The van der Waals surface area contributed by atoms with Gasteiger partial charge in [-0.05, 0) is 18.3 Å². The summed E-state index contributed by atoms with van der Waals surface area (Å²) in [6.07, 6.45) is 3.64. The number of carbonyl (C=O) groups excluding carboxylic acids is 1. The Kier molecular flexibility index (Phi) is 4.91. The van der Waals surface area contributed by atoms with Crippen LogP contribution in [0.1, 0.15) is 40.0 Å². The van der Waals surface area contributed by atoms with E-state index in [4.69, 9.17) is 11.6 Å². The van der Waals surface area contributed by atoms with Crippen molar-refractivity contribution in [1.82, 2.24) is 5.32 Å². The summed E-state index contributed by atoms with van der Waals surface area (Å²) in [5.41, 5.74) is 0. The average molecular weight is 232 g/mol. The molecule has 88 valence electrons. The van der Waals surface area contributed by atoms with Crippen molar-refractivity contribution in [3.8, 4) is 0 Å². The Bertz CT molecular complexity index is 220. The van der Waals surface area contributed by atoms with E-state index in [1.807, 2.05) is 6.92 Å². The highest BCUT2D eigenvalue weighted by atomic mass is 35.5. The van der Waals surface area contributed by atoms with E-state index in [0.717, 1.165) is 12.3 Å². The summed E-state index contributed by atoms with van der Waals surface area (Å²) in [6.45, 7) is 6.38.